The fourth-order valence-electron chi connectivity index (χ4n) is 6.67. The van der Waals surface area contributed by atoms with Gasteiger partial charge in [0.05, 0.1) is 15.2 Å². The highest BCUT2D eigenvalue weighted by atomic mass is 35.5. The number of nitrogens with one attached hydrogen (secondary N) is 1. The van der Waals surface area contributed by atoms with Crippen LogP contribution in [0, 0.1) is 11.7 Å². The first-order valence-corrected chi connectivity index (χ1v) is 15.3. The molecule has 2 aromatic heterocycles. The van der Waals surface area contributed by atoms with Gasteiger partial charge in [-0.2, -0.15) is 9.97 Å². The highest BCUT2D eigenvalue weighted by Gasteiger charge is 2.35. The molecule has 3 aliphatic heterocycles. The Hall–Kier alpha value is -2.79. The maximum absolute atomic E-state index is 16.7. The number of hydrogen-bond donors (Lipinski definition) is 2. The molecule has 3 saturated heterocycles. The van der Waals surface area contributed by atoms with Crippen molar-refractivity contribution >= 4 is 55.0 Å². The summed E-state index contributed by atoms with van der Waals surface area (Å²) in [7, 11) is 2.11. The van der Waals surface area contributed by atoms with Crippen molar-refractivity contribution in [2.24, 2.45) is 5.92 Å². The van der Waals surface area contributed by atoms with Gasteiger partial charge in [0.1, 0.15) is 17.9 Å². The van der Waals surface area contributed by atoms with E-state index in [1.54, 1.807) is 0 Å². The third kappa shape index (κ3) is 4.64. The second-order valence-corrected chi connectivity index (χ2v) is 12.8. The third-order valence-electron chi connectivity index (χ3n) is 8.78. The fourth-order valence-corrected chi connectivity index (χ4v) is 7.73. The number of thiazole rings is 1. The van der Waals surface area contributed by atoms with Gasteiger partial charge >= 0.3 is 6.01 Å². The number of hydrogen-bond acceptors (Lipinski definition) is 9. The van der Waals surface area contributed by atoms with E-state index in [9.17, 15) is 0 Å². The van der Waals surface area contributed by atoms with Crippen molar-refractivity contribution in [1.82, 2.24) is 25.2 Å². The fraction of sp³-hybridized carbons (Fsp3) is 0.483. The van der Waals surface area contributed by atoms with Gasteiger partial charge in [0.25, 0.3) is 0 Å². The van der Waals surface area contributed by atoms with Crippen LogP contribution >= 0.6 is 22.9 Å². The SMILES string of the molecule is CN1CCC[C@H]1COc1nc(N2CC3CCNCCC2C3)c2cc(Cl)c(-c3cccc4sc(N)nc34)c(F)c2n1. The van der Waals surface area contributed by atoms with Crippen LogP contribution in [0.1, 0.15) is 32.1 Å². The van der Waals surface area contributed by atoms with Crippen LogP contribution in [0.5, 0.6) is 6.01 Å². The lowest BCUT2D eigenvalue weighted by atomic mass is 9.99. The molecule has 3 N–H and O–H groups in total. The Bertz CT molecular complexity index is 1580. The molecular formula is C29H33ClFN7OS. The van der Waals surface area contributed by atoms with Crippen molar-refractivity contribution in [3.8, 4) is 17.1 Å². The van der Waals surface area contributed by atoms with Crippen LogP contribution in [-0.4, -0.2) is 71.8 Å². The molecule has 0 saturated carbocycles. The monoisotopic (exact) mass is 581 g/mol. The van der Waals surface area contributed by atoms with E-state index in [0.29, 0.717) is 57.0 Å². The van der Waals surface area contributed by atoms with E-state index in [1.165, 1.54) is 11.3 Å². The molecule has 210 valence electrons. The van der Waals surface area contributed by atoms with E-state index < -0.39 is 5.82 Å². The highest BCUT2D eigenvalue weighted by Crippen LogP contribution is 2.43. The maximum Gasteiger partial charge on any atom is 0.319 e. The number of likely N-dealkylation sites (N-methyl/N-ethyl adjacent to an activating group) is 1. The Morgan fingerprint density at radius 3 is 2.90 bits per heavy atom. The summed E-state index contributed by atoms with van der Waals surface area (Å²) in [5, 5.41) is 4.88. The van der Waals surface area contributed by atoms with Crippen LogP contribution in [0.2, 0.25) is 5.02 Å². The van der Waals surface area contributed by atoms with E-state index in [4.69, 9.17) is 27.1 Å². The van der Waals surface area contributed by atoms with Gasteiger partial charge in [-0.05, 0) is 76.8 Å². The first-order chi connectivity index (χ1) is 19.5. The lowest BCUT2D eigenvalue weighted by Gasteiger charge is -2.27. The van der Waals surface area contributed by atoms with Crippen molar-refractivity contribution < 1.29 is 9.13 Å². The molecule has 4 aromatic rings. The van der Waals surface area contributed by atoms with Gasteiger partial charge < -0.3 is 25.6 Å². The Labute approximate surface area is 241 Å². The summed E-state index contributed by atoms with van der Waals surface area (Å²) < 4.78 is 23.8. The van der Waals surface area contributed by atoms with Gasteiger partial charge in [-0.25, -0.2) is 9.37 Å². The number of anilines is 2. The van der Waals surface area contributed by atoms with Crippen molar-refractivity contribution in [3.63, 3.8) is 0 Å². The summed E-state index contributed by atoms with van der Waals surface area (Å²) in [6.07, 6.45) is 5.44. The lowest BCUT2D eigenvalue weighted by molar-refractivity contribution is 0.188. The quantitative estimate of drug-likeness (QED) is 0.327. The molecule has 2 unspecified atom stereocenters. The van der Waals surface area contributed by atoms with E-state index >= 15 is 4.39 Å². The van der Waals surface area contributed by atoms with E-state index in [1.807, 2.05) is 24.3 Å². The minimum absolute atomic E-state index is 0.210. The number of nitrogens with zero attached hydrogens (tertiary/aromatic N) is 5. The summed E-state index contributed by atoms with van der Waals surface area (Å²) in [5.74, 6) is 0.774. The molecule has 40 heavy (non-hydrogen) atoms. The molecule has 3 atom stereocenters. The second-order valence-electron chi connectivity index (χ2n) is 11.3. The number of ether oxygens (including phenoxy) is 1. The van der Waals surface area contributed by atoms with E-state index in [2.05, 4.69) is 32.1 Å². The van der Waals surface area contributed by atoms with Crippen LogP contribution < -0.4 is 20.7 Å². The number of nitrogen functional groups attached to an aromatic ring is 1. The minimum Gasteiger partial charge on any atom is -0.462 e. The van der Waals surface area contributed by atoms with Crippen LogP contribution in [0.25, 0.3) is 32.2 Å². The van der Waals surface area contributed by atoms with Crippen LogP contribution in [0.15, 0.2) is 24.3 Å². The highest BCUT2D eigenvalue weighted by molar-refractivity contribution is 7.22. The number of benzene rings is 2. The zero-order chi connectivity index (χ0) is 27.4. The Kier molecular flexibility index (Phi) is 6.90. The number of halogens is 2. The molecule has 0 radical (unpaired) electrons. The summed E-state index contributed by atoms with van der Waals surface area (Å²) >= 11 is 8.25. The van der Waals surface area contributed by atoms with Crippen molar-refractivity contribution in [1.29, 1.82) is 0 Å². The molecular weight excluding hydrogens is 549 g/mol. The molecule has 0 spiro atoms. The average molecular weight is 582 g/mol. The Morgan fingerprint density at radius 2 is 2.05 bits per heavy atom. The van der Waals surface area contributed by atoms with Crippen LogP contribution in [-0.2, 0) is 0 Å². The standard InChI is InChI=1S/C29H33ClFN7OS/c1-37-11-3-4-18(37)15-39-29-35-26-20(27(36-29)38-14-16-7-9-33-10-8-17(38)12-16)13-21(30)23(24(26)31)19-5-2-6-22-25(19)34-28(32)40-22/h2,5-6,13,16-18,33H,3-4,7-12,14-15H2,1H3,(H2,32,34)/t16?,17?,18-/m0/s1. The molecule has 8 nitrogen and oxygen atoms in total. The molecule has 2 bridgehead atoms. The third-order valence-corrected chi connectivity index (χ3v) is 9.93. The predicted octanol–water partition coefficient (Wildman–Crippen LogP) is 5.33. The van der Waals surface area contributed by atoms with Gasteiger partial charge in [-0.15, -0.1) is 0 Å². The van der Waals surface area contributed by atoms with Gasteiger partial charge in [-0.3, -0.25) is 0 Å². The molecule has 3 aliphatic rings. The average Bonchev–Trinajstić information content (AvgIpc) is 3.64. The van der Waals surface area contributed by atoms with E-state index in [-0.39, 0.29) is 17.1 Å². The zero-order valence-corrected chi connectivity index (χ0v) is 24.1. The summed E-state index contributed by atoms with van der Waals surface area (Å²) in [4.78, 5) is 18.7. The molecule has 0 aliphatic carbocycles. The molecule has 7 rings (SSSR count). The van der Waals surface area contributed by atoms with E-state index in [0.717, 1.165) is 63.0 Å². The molecule has 3 fully saturated rings. The molecule has 2 aromatic carbocycles. The number of nitrogens with two attached hydrogens (primary N) is 1. The Morgan fingerprint density at radius 1 is 1.18 bits per heavy atom. The maximum atomic E-state index is 16.7. The molecule has 5 heterocycles. The second kappa shape index (κ2) is 10.6. The van der Waals surface area contributed by atoms with Crippen molar-refractivity contribution in [2.45, 2.75) is 44.2 Å². The molecule has 0 amide bonds. The number of aromatic nitrogens is 3. The van der Waals surface area contributed by atoms with Gasteiger partial charge in [0, 0.05) is 35.1 Å². The molecule has 11 heteroatoms. The van der Waals surface area contributed by atoms with Gasteiger partial charge in [0.2, 0.25) is 0 Å². The number of likely N-dealkylation sites (tertiary alicyclic amines) is 1. The predicted molar refractivity (Wildman–Crippen MR) is 160 cm³/mol. The van der Waals surface area contributed by atoms with Gasteiger partial charge in [0.15, 0.2) is 10.9 Å². The van der Waals surface area contributed by atoms with Crippen LogP contribution in [0.4, 0.5) is 15.3 Å². The minimum atomic E-state index is -0.494. The first kappa shape index (κ1) is 26.1. The van der Waals surface area contributed by atoms with Gasteiger partial charge in [-0.1, -0.05) is 35.1 Å². The van der Waals surface area contributed by atoms with Crippen LogP contribution in [0.3, 0.4) is 0 Å². The smallest absolute Gasteiger partial charge is 0.319 e. The number of fused-ring (bicyclic) bond motifs is 4. The largest absolute Gasteiger partial charge is 0.462 e. The summed E-state index contributed by atoms with van der Waals surface area (Å²) in [6, 6.07) is 8.27. The Balaban J connectivity index is 1.38. The van der Waals surface area contributed by atoms with Crippen molar-refractivity contribution in [3.05, 3.63) is 35.1 Å². The first-order valence-electron chi connectivity index (χ1n) is 14.1. The lowest BCUT2D eigenvalue weighted by Crippen LogP contribution is -2.33. The topological polar surface area (TPSA) is 92.4 Å². The number of para-hydroxylation sites is 1. The summed E-state index contributed by atoms with van der Waals surface area (Å²) in [5.41, 5.74) is 7.72. The van der Waals surface area contributed by atoms with Crippen molar-refractivity contribution in [2.75, 3.05) is 50.5 Å². The number of rotatable bonds is 5. The summed E-state index contributed by atoms with van der Waals surface area (Å²) in [6.45, 7) is 4.37. The normalized spacial score (nSPS) is 23.7. The zero-order valence-electron chi connectivity index (χ0n) is 22.5.